The number of rotatable bonds is 6. The lowest BCUT2D eigenvalue weighted by molar-refractivity contribution is -0.120. The van der Waals surface area contributed by atoms with E-state index in [9.17, 15) is 4.79 Å². The van der Waals surface area contributed by atoms with Crippen LogP contribution in [0.5, 0.6) is 0 Å². The zero-order valence-corrected chi connectivity index (χ0v) is 15.7. The van der Waals surface area contributed by atoms with E-state index in [1.807, 2.05) is 24.3 Å². The van der Waals surface area contributed by atoms with Crippen LogP contribution in [0.15, 0.2) is 48.5 Å². The molecule has 25 heavy (non-hydrogen) atoms. The van der Waals surface area contributed by atoms with Crippen LogP contribution >= 0.6 is 23.8 Å². The molecule has 0 unspecified atom stereocenters. The van der Waals surface area contributed by atoms with Gasteiger partial charge in [0.15, 0.2) is 5.11 Å². The molecule has 0 spiro atoms. The van der Waals surface area contributed by atoms with Gasteiger partial charge in [0.05, 0.1) is 6.42 Å². The zero-order chi connectivity index (χ0) is 18.1. The number of thiocarbonyl (C=S) groups is 1. The van der Waals surface area contributed by atoms with Gasteiger partial charge in [-0.1, -0.05) is 49.2 Å². The minimum absolute atomic E-state index is 0.179. The van der Waals surface area contributed by atoms with E-state index in [2.05, 4.69) is 35.2 Å². The number of nitrogens with one attached hydrogen (secondary N) is 3. The van der Waals surface area contributed by atoms with E-state index >= 15 is 0 Å². The first kappa shape index (κ1) is 19.2. The molecular formula is C19H22ClN3OS. The third-order valence-electron chi connectivity index (χ3n) is 3.62. The molecule has 0 aliphatic rings. The lowest BCUT2D eigenvalue weighted by Gasteiger charge is -2.12. The Hall–Kier alpha value is -2.11. The molecule has 132 valence electrons. The molecule has 2 aromatic carbocycles. The predicted molar refractivity (Wildman–Crippen MR) is 108 cm³/mol. The molecule has 0 fully saturated rings. The molecule has 0 atom stereocenters. The average Bonchev–Trinajstić information content (AvgIpc) is 2.61. The lowest BCUT2D eigenvalue weighted by atomic mass is 10.1. The van der Waals surface area contributed by atoms with Crippen LogP contribution in [-0.2, 0) is 17.6 Å². The highest BCUT2D eigenvalue weighted by Crippen LogP contribution is 2.12. The highest BCUT2D eigenvalue weighted by Gasteiger charge is 2.04. The van der Waals surface area contributed by atoms with E-state index in [0.717, 1.165) is 17.7 Å². The van der Waals surface area contributed by atoms with Crippen molar-refractivity contribution in [2.75, 3.05) is 5.32 Å². The Morgan fingerprint density at radius 2 is 1.64 bits per heavy atom. The van der Waals surface area contributed by atoms with Crippen molar-refractivity contribution in [2.24, 2.45) is 0 Å². The van der Waals surface area contributed by atoms with Crippen molar-refractivity contribution in [2.45, 2.75) is 32.6 Å². The molecule has 6 heteroatoms. The predicted octanol–water partition coefficient (Wildman–Crippen LogP) is 4.24. The number of benzene rings is 2. The van der Waals surface area contributed by atoms with Gasteiger partial charge in [-0.3, -0.25) is 15.6 Å². The Balaban J connectivity index is 1.74. The quantitative estimate of drug-likeness (QED) is 0.522. The van der Waals surface area contributed by atoms with Crippen LogP contribution in [0.2, 0.25) is 5.02 Å². The Bertz CT molecular complexity index is 702. The van der Waals surface area contributed by atoms with Gasteiger partial charge < -0.3 is 5.32 Å². The summed E-state index contributed by atoms with van der Waals surface area (Å²) in [4.78, 5) is 11.9. The smallest absolute Gasteiger partial charge is 0.242 e. The molecule has 0 radical (unpaired) electrons. The van der Waals surface area contributed by atoms with Crippen molar-refractivity contribution >= 4 is 40.5 Å². The fourth-order valence-electron chi connectivity index (χ4n) is 2.26. The first-order valence-electron chi connectivity index (χ1n) is 8.26. The molecule has 0 heterocycles. The Kier molecular flexibility index (Phi) is 7.70. The van der Waals surface area contributed by atoms with Gasteiger partial charge in [-0.05, 0) is 60.5 Å². The summed E-state index contributed by atoms with van der Waals surface area (Å²) in [6, 6.07) is 15.3. The van der Waals surface area contributed by atoms with Gasteiger partial charge >= 0.3 is 0 Å². The van der Waals surface area contributed by atoms with E-state index in [-0.39, 0.29) is 12.3 Å². The summed E-state index contributed by atoms with van der Waals surface area (Å²) < 4.78 is 0. The number of carbonyl (C=O) groups is 1. The first-order chi connectivity index (χ1) is 12.1. The minimum Gasteiger partial charge on any atom is -0.331 e. The number of hydrogen-bond acceptors (Lipinski definition) is 2. The second kappa shape index (κ2) is 10.0. The maximum atomic E-state index is 11.9. The Labute approximate surface area is 158 Å². The molecule has 0 saturated carbocycles. The largest absolute Gasteiger partial charge is 0.331 e. The molecule has 2 rings (SSSR count). The van der Waals surface area contributed by atoms with Crippen molar-refractivity contribution in [3.05, 3.63) is 64.7 Å². The second-order valence-corrected chi connectivity index (χ2v) is 6.58. The van der Waals surface area contributed by atoms with Crippen LogP contribution in [0.3, 0.4) is 0 Å². The van der Waals surface area contributed by atoms with E-state index in [1.165, 1.54) is 18.4 Å². The monoisotopic (exact) mass is 375 g/mol. The minimum atomic E-state index is -0.179. The number of anilines is 1. The molecule has 1 amide bonds. The topological polar surface area (TPSA) is 53.2 Å². The first-order valence-corrected chi connectivity index (χ1v) is 9.04. The summed E-state index contributed by atoms with van der Waals surface area (Å²) in [5, 5.41) is 4.03. The SMILES string of the molecule is CCCCc1ccc(NC(=S)NNC(=O)Cc2ccc(Cl)cc2)cc1. The fourth-order valence-corrected chi connectivity index (χ4v) is 2.55. The average molecular weight is 376 g/mol. The van der Waals surface area contributed by atoms with Gasteiger partial charge in [0.25, 0.3) is 0 Å². The Morgan fingerprint density at radius 1 is 1.00 bits per heavy atom. The van der Waals surface area contributed by atoms with Crippen LogP contribution in [0.25, 0.3) is 0 Å². The van der Waals surface area contributed by atoms with Gasteiger partial charge in [0.2, 0.25) is 5.91 Å². The number of unbranched alkanes of at least 4 members (excludes halogenated alkanes) is 1. The van der Waals surface area contributed by atoms with E-state index in [1.54, 1.807) is 12.1 Å². The molecule has 3 N–H and O–H groups in total. The standard InChI is InChI=1S/C19H22ClN3OS/c1-2-3-4-14-7-11-17(12-8-14)21-19(25)23-22-18(24)13-15-5-9-16(20)10-6-15/h5-12H,2-4,13H2,1H3,(H,22,24)(H2,21,23,25). The maximum Gasteiger partial charge on any atom is 0.242 e. The molecule has 0 bridgehead atoms. The zero-order valence-electron chi connectivity index (χ0n) is 14.1. The molecular weight excluding hydrogens is 354 g/mol. The summed E-state index contributed by atoms with van der Waals surface area (Å²) in [7, 11) is 0. The number of carbonyl (C=O) groups excluding carboxylic acids is 1. The third kappa shape index (κ3) is 7.11. The van der Waals surface area contributed by atoms with Gasteiger partial charge in [0, 0.05) is 10.7 Å². The summed E-state index contributed by atoms with van der Waals surface area (Å²) in [6.07, 6.45) is 3.70. The number of hydrogen-bond donors (Lipinski definition) is 3. The van der Waals surface area contributed by atoms with Crippen molar-refractivity contribution in [1.82, 2.24) is 10.9 Å². The van der Waals surface area contributed by atoms with Crippen LogP contribution in [-0.4, -0.2) is 11.0 Å². The molecule has 4 nitrogen and oxygen atoms in total. The van der Waals surface area contributed by atoms with Crippen molar-refractivity contribution in [3.8, 4) is 0 Å². The number of aryl methyl sites for hydroxylation is 1. The van der Waals surface area contributed by atoms with Crippen LogP contribution in [0, 0.1) is 0 Å². The molecule has 0 aliphatic heterocycles. The van der Waals surface area contributed by atoms with Gasteiger partial charge in [-0.25, -0.2) is 0 Å². The molecule has 0 saturated heterocycles. The fraction of sp³-hybridized carbons (Fsp3) is 0.263. The lowest BCUT2D eigenvalue weighted by Crippen LogP contribution is -2.44. The summed E-state index contributed by atoms with van der Waals surface area (Å²) in [5.41, 5.74) is 8.35. The van der Waals surface area contributed by atoms with Crippen LogP contribution in [0.4, 0.5) is 5.69 Å². The van der Waals surface area contributed by atoms with Crippen molar-refractivity contribution < 1.29 is 4.79 Å². The van der Waals surface area contributed by atoms with E-state index in [4.69, 9.17) is 23.8 Å². The Morgan fingerprint density at radius 3 is 2.28 bits per heavy atom. The summed E-state index contributed by atoms with van der Waals surface area (Å²) in [6.45, 7) is 2.18. The number of amides is 1. The van der Waals surface area contributed by atoms with Gasteiger partial charge in [-0.2, -0.15) is 0 Å². The summed E-state index contributed by atoms with van der Waals surface area (Å²) >= 11 is 11.0. The maximum absolute atomic E-state index is 11.9. The second-order valence-electron chi connectivity index (χ2n) is 5.73. The van der Waals surface area contributed by atoms with Crippen molar-refractivity contribution in [3.63, 3.8) is 0 Å². The summed E-state index contributed by atoms with van der Waals surface area (Å²) in [5.74, 6) is -0.179. The highest BCUT2D eigenvalue weighted by molar-refractivity contribution is 7.80. The van der Waals surface area contributed by atoms with Crippen LogP contribution in [0.1, 0.15) is 30.9 Å². The highest BCUT2D eigenvalue weighted by atomic mass is 35.5. The molecule has 2 aromatic rings. The third-order valence-corrected chi connectivity index (χ3v) is 4.08. The molecule has 0 aliphatic carbocycles. The van der Waals surface area contributed by atoms with Gasteiger partial charge in [0.1, 0.15) is 0 Å². The normalized spacial score (nSPS) is 10.2. The van der Waals surface area contributed by atoms with Gasteiger partial charge in [-0.15, -0.1) is 0 Å². The number of hydrazine groups is 1. The molecule has 0 aromatic heterocycles. The van der Waals surface area contributed by atoms with E-state index in [0.29, 0.717) is 10.1 Å². The number of halogens is 1. The van der Waals surface area contributed by atoms with E-state index < -0.39 is 0 Å². The van der Waals surface area contributed by atoms with Crippen LogP contribution < -0.4 is 16.2 Å². The van der Waals surface area contributed by atoms with Crippen molar-refractivity contribution in [1.29, 1.82) is 0 Å².